The number of aliphatic hydroxyl groups is 1. The van der Waals surface area contributed by atoms with Crippen molar-refractivity contribution >= 4 is 17.4 Å². The first-order valence-corrected chi connectivity index (χ1v) is 14.3. The Bertz CT molecular complexity index is 1460. The van der Waals surface area contributed by atoms with Crippen molar-refractivity contribution in [2.75, 3.05) is 30.8 Å². The van der Waals surface area contributed by atoms with E-state index >= 15 is 0 Å². The number of hydrogen-bond acceptors (Lipinski definition) is 6. The van der Waals surface area contributed by atoms with Crippen molar-refractivity contribution in [3.63, 3.8) is 0 Å². The number of carbonyl (C=O) groups excluding carboxylic acids is 1. The molecular formula is C35H37N3O5. The summed E-state index contributed by atoms with van der Waals surface area (Å²) in [6.07, 6.45) is 1.79. The highest BCUT2D eigenvalue weighted by atomic mass is 16.7. The molecule has 8 nitrogen and oxygen atoms in total. The highest BCUT2D eigenvalue weighted by Gasteiger charge is 2.32. The largest absolute Gasteiger partial charge is 0.457 e. The second-order valence-corrected chi connectivity index (χ2v) is 10.5. The van der Waals surface area contributed by atoms with Gasteiger partial charge in [0.15, 0.2) is 6.29 Å². The van der Waals surface area contributed by atoms with Crippen LogP contribution >= 0.6 is 0 Å². The summed E-state index contributed by atoms with van der Waals surface area (Å²) in [5.41, 5.74) is 4.03. The number of hydrogen-bond donors (Lipinski definition) is 3. The van der Waals surface area contributed by atoms with Gasteiger partial charge in [0.2, 0.25) is 0 Å². The number of amides is 2. The summed E-state index contributed by atoms with van der Waals surface area (Å²) in [6, 6.07) is 31.6. The lowest BCUT2D eigenvalue weighted by Gasteiger charge is -2.37. The van der Waals surface area contributed by atoms with E-state index in [1.807, 2.05) is 92.0 Å². The topological polar surface area (TPSA) is 92.3 Å². The van der Waals surface area contributed by atoms with E-state index in [1.165, 1.54) is 0 Å². The molecule has 43 heavy (non-hydrogen) atoms. The van der Waals surface area contributed by atoms with Gasteiger partial charge in [0.05, 0.1) is 18.8 Å². The number of para-hydroxylation sites is 1. The number of anilines is 2. The van der Waals surface area contributed by atoms with Crippen LogP contribution in [-0.2, 0) is 16.1 Å². The maximum Gasteiger partial charge on any atom is 0.323 e. The fraction of sp³-hybridized carbons (Fsp3) is 0.229. The standard InChI is InChI=1S/C35H37N3O5/c1-3-21-38(2)23-32-22-33(26-11-9-25(24-39)10-12-26)43-34(42-32)27-13-15-28(16-14-27)36-35(40)37-29-17-19-31(20-18-29)41-30-7-5-4-6-8-30/h3-20,32-34,39H,1,21-24H2,2H3,(H2,36,37,40)/t32-,33+,34+/m1/s1. The van der Waals surface area contributed by atoms with Crippen molar-refractivity contribution < 1.29 is 24.1 Å². The van der Waals surface area contributed by atoms with Crippen LogP contribution in [0.15, 0.2) is 116 Å². The molecule has 0 bridgehead atoms. The van der Waals surface area contributed by atoms with E-state index < -0.39 is 6.29 Å². The van der Waals surface area contributed by atoms with E-state index in [9.17, 15) is 9.90 Å². The number of rotatable bonds is 11. The molecule has 3 atom stereocenters. The van der Waals surface area contributed by atoms with E-state index in [0.717, 1.165) is 35.5 Å². The van der Waals surface area contributed by atoms with Crippen LogP contribution in [-0.4, -0.2) is 42.3 Å². The average Bonchev–Trinajstić information content (AvgIpc) is 3.03. The molecule has 3 N–H and O–H groups in total. The Morgan fingerprint density at radius 3 is 2.12 bits per heavy atom. The summed E-state index contributed by atoms with van der Waals surface area (Å²) in [4.78, 5) is 14.8. The molecule has 222 valence electrons. The smallest absolute Gasteiger partial charge is 0.323 e. The number of nitrogens with one attached hydrogen (secondary N) is 2. The Labute approximate surface area is 252 Å². The number of nitrogens with zero attached hydrogens (tertiary/aromatic N) is 1. The van der Waals surface area contributed by atoms with E-state index in [1.54, 1.807) is 24.3 Å². The molecule has 2 amide bonds. The Morgan fingerprint density at radius 2 is 1.49 bits per heavy atom. The van der Waals surface area contributed by atoms with Gasteiger partial charge in [0.1, 0.15) is 11.5 Å². The first-order valence-electron chi connectivity index (χ1n) is 14.3. The Hall–Kier alpha value is -4.47. The van der Waals surface area contributed by atoms with Crippen LogP contribution in [0.5, 0.6) is 11.5 Å². The third-order valence-corrected chi connectivity index (χ3v) is 7.10. The molecule has 5 rings (SSSR count). The summed E-state index contributed by atoms with van der Waals surface area (Å²) in [5, 5.41) is 15.1. The number of aliphatic hydroxyl groups excluding tert-OH is 1. The SMILES string of the molecule is C=CCN(C)C[C@H]1C[C@@H](c2ccc(CO)cc2)O[C@@H](c2ccc(NC(=O)Nc3ccc(Oc4ccccc4)cc3)cc2)O1. The molecule has 0 radical (unpaired) electrons. The third-order valence-electron chi connectivity index (χ3n) is 7.10. The third kappa shape index (κ3) is 8.53. The van der Waals surface area contributed by atoms with Crippen molar-refractivity contribution in [1.29, 1.82) is 0 Å². The zero-order chi connectivity index (χ0) is 30.0. The first kappa shape index (κ1) is 30.0. The highest BCUT2D eigenvalue weighted by molar-refractivity contribution is 5.99. The van der Waals surface area contributed by atoms with Gasteiger partial charge in [-0.05, 0) is 66.7 Å². The lowest BCUT2D eigenvalue weighted by molar-refractivity contribution is -0.252. The lowest BCUT2D eigenvalue weighted by Crippen LogP contribution is -2.37. The summed E-state index contributed by atoms with van der Waals surface area (Å²) in [6.45, 7) is 5.33. The normalized spacial score (nSPS) is 18.2. The molecule has 1 aliphatic rings. The molecule has 8 heteroatoms. The van der Waals surface area contributed by atoms with Crippen molar-refractivity contribution in [1.82, 2.24) is 4.90 Å². The van der Waals surface area contributed by atoms with Crippen molar-refractivity contribution in [3.05, 3.63) is 132 Å². The minimum absolute atomic E-state index is 0.000908. The van der Waals surface area contributed by atoms with Gasteiger partial charge in [-0.1, -0.05) is 60.7 Å². The Kier molecular flexibility index (Phi) is 10.2. The van der Waals surface area contributed by atoms with Gasteiger partial charge in [0.25, 0.3) is 0 Å². The van der Waals surface area contributed by atoms with E-state index in [4.69, 9.17) is 14.2 Å². The fourth-order valence-electron chi connectivity index (χ4n) is 4.92. The van der Waals surface area contributed by atoms with Gasteiger partial charge in [-0.3, -0.25) is 0 Å². The molecule has 1 saturated heterocycles. The van der Waals surface area contributed by atoms with Crippen LogP contribution in [0.4, 0.5) is 16.2 Å². The van der Waals surface area contributed by atoms with Crippen LogP contribution in [0.3, 0.4) is 0 Å². The molecule has 1 fully saturated rings. The molecular weight excluding hydrogens is 542 g/mol. The Morgan fingerprint density at radius 1 is 0.884 bits per heavy atom. The molecule has 0 unspecified atom stereocenters. The fourth-order valence-corrected chi connectivity index (χ4v) is 4.92. The zero-order valence-corrected chi connectivity index (χ0v) is 24.2. The molecule has 4 aromatic rings. The summed E-state index contributed by atoms with van der Waals surface area (Å²) >= 11 is 0. The van der Waals surface area contributed by atoms with Crippen LogP contribution in [0.2, 0.25) is 0 Å². The molecule has 0 saturated carbocycles. The number of ether oxygens (including phenoxy) is 3. The Balaban J connectivity index is 1.20. The van der Waals surface area contributed by atoms with Crippen molar-refractivity contribution in [2.45, 2.75) is 31.5 Å². The van der Waals surface area contributed by atoms with Gasteiger partial charge in [-0.2, -0.15) is 0 Å². The van der Waals surface area contributed by atoms with E-state index in [0.29, 0.717) is 23.5 Å². The van der Waals surface area contributed by atoms with E-state index in [2.05, 4.69) is 22.1 Å². The number of urea groups is 1. The zero-order valence-electron chi connectivity index (χ0n) is 24.2. The summed E-state index contributed by atoms with van der Waals surface area (Å²) in [5.74, 6) is 1.43. The predicted molar refractivity (Wildman–Crippen MR) is 168 cm³/mol. The maximum atomic E-state index is 12.7. The molecule has 1 heterocycles. The molecule has 0 aromatic heterocycles. The monoisotopic (exact) mass is 579 g/mol. The second kappa shape index (κ2) is 14.6. The van der Waals surface area contributed by atoms with Gasteiger partial charge in [-0.25, -0.2) is 4.79 Å². The number of likely N-dealkylation sites (N-methyl/N-ethyl adjacent to an activating group) is 1. The molecule has 4 aromatic carbocycles. The minimum atomic E-state index is -0.571. The number of carbonyl (C=O) groups is 1. The van der Waals surface area contributed by atoms with Gasteiger partial charge < -0.3 is 34.9 Å². The minimum Gasteiger partial charge on any atom is -0.457 e. The molecule has 0 aliphatic carbocycles. The predicted octanol–water partition coefficient (Wildman–Crippen LogP) is 7.28. The number of benzene rings is 4. The lowest BCUT2D eigenvalue weighted by atomic mass is 9.99. The second-order valence-electron chi connectivity index (χ2n) is 10.5. The average molecular weight is 580 g/mol. The van der Waals surface area contributed by atoms with Crippen LogP contribution in [0, 0.1) is 0 Å². The van der Waals surface area contributed by atoms with Gasteiger partial charge >= 0.3 is 6.03 Å². The quantitative estimate of drug-likeness (QED) is 0.162. The van der Waals surface area contributed by atoms with Crippen molar-refractivity contribution in [3.8, 4) is 11.5 Å². The van der Waals surface area contributed by atoms with Crippen LogP contribution < -0.4 is 15.4 Å². The summed E-state index contributed by atoms with van der Waals surface area (Å²) in [7, 11) is 2.04. The summed E-state index contributed by atoms with van der Waals surface area (Å²) < 4.78 is 18.6. The van der Waals surface area contributed by atoms with Crippen molar-refractivity contribution in [2.24, 2.45) is 0 Å². The first-order chi connectivity index (χ1) is 21.0. The van der Waals surface area contributed by atoms with Gasteiger partial charge in [0, 0.05) is 36.4 Å². The molecule has 0 spiro atoms. The van der Waals surface area contributed by atoms with E-state index in [-0.39, 0.29) is 24.8 Å². The molecule has 1 aliphatic heterocycles. The van der Waals surface area contributed by atoms with Crippen LogP contribution in [0.25, 0.3) is 0 Å². The van der Waals surface area contributed by atoms with Gasteiger partial charge in [-0.15, -0.1) is 6.58 Å². The van der Waals surface area contributed by atoms with Crippen LogP contribution in [0.1, 0.15) is 35.5 Å². The highest BCUT2D eigenvalue weighted by Crippen LogP contribution is 2.38. The maximum absolute atomic E-state index is 12.7.